The second-order valence-electron chi connectivity index (χ2n) is 5.44. The Morgan fingerprint density at radius 2 is 2.00 bits per heavy atom. The standard InChI is InChI=1S/C17H18N4O2S2/c1-21(10-14-4-3-9-24-14)11-15-19-20-17(25-15)16(22)18-12-5-7-13(23-2)8-6-12/h3-9H,10-11H2,1-2H3,(H,18,22). The van der Waals surface area contributed by atoms with Gasteiger partial charge in [0.1, 0.15) is 10.8 Å². The Labute approximate surface area is 154 Å². The largest absolute Gasteiger partial charge is 0.497 e. The fourth-order valence-electron chi connectivity index (χ4n) is 2.22. The van der Waals surface area contributed by atoms with E-state index in [1.165, 1.54) is 16.2 Å². The molecule has 0 bridgehead atoms. The third kappa shape index (κ3) is 4.85. The number of ether oxygens (including phenoxy) is 1. The van der Waals surface area contributed by atoms with Gasteiger partial charge < -0.3 is 10.1 Å². The number of nitrogens with zero attached hydrogens (tertiary/aromatic N) is 3. The average Bonchev–Trinajstić information content (AvgIpc) is 3.27. The minimum absolute atomic E-state index is 0.255. The first-order chi connectivity index (χ1) is 12.1. The van der Waals surface area contributed by atoms with Crippen molar-refractivity contribution in [3.63, 3.8) is 0 Å². The monoisotopic (exact) mass is 374 g/mol. The van der Waals surface area contributed by atoms with Crippen molar-refractivity contribution in [3.05, 3.63) is 56.7 Å². The van der Waals surface area contributed by atoms with Crippen molar-refractivity contribution >= 4 is 34.3 Å². The quantitative estimate of drug-likeness (QED) is 0.686. The summed E-state index contributed by atoms with van der Waals surface area (Å²) in [6.07, 6.45) is 0. The lowest BCUT2D eigenvalue weighted by Gasteiger charge is -2.12. The molecule has 0 fully saturated rings. The summed E-state index contributed by atoms with van der Waals surface area (Å²) in [6, 6.07) is 11.3. The molecular weight excluding hydrogens is 356 g/mol. The molecule has 0 atom stereocenters. The van der Waals surface area contributed by atoms with E-state index in [4.69, 9.17) is 4.74 Å². The molecule has 130 valence electrons. The molecular formula is C17H18N4O2S2. The maximum Gasteiger partial charge on any atom is 0.286 e. The molecule has 3 rings (SSSR count). The van der Waals surface area contributed by atoms with Crippen LogP contribution in [-0.2, 0) is 13.1 Å². The van der Waals surface area contributed by atoms with Crippen molar-refractivity contribution < 1.29 is 9.53 Å². The molecule has 0 saturated heterocycles. The van der Waals surface area contributed by atoms with Gasteiger partial charge in [0.2, 0.25) is 5.01 Å². The van der Waals surface area contributed by atoms with Crippen LogP contribution in [0.3, 0.4) is 0 Å². The zero-order valence-corrected chi connectivity index (χ0v) is 15.6. The van der Waals surface area contributed by atoms with Crippen molar-refractivity contribution in [2.75, 3.05) is 19.5 Å². The van der Waals surface area contributed by atoms with E-state index in [1.807, 2.05) is 13.1 Å². The Balaban J connectivity index is 1.57. The molecule has 2 heterocycles. The van der Waals surface area contributed by atoms with Crippen molar-refractivity contribution in [3.8, 4) is 5.75 Å². The maximum absolute atomic E-state index is 12.3. The van der Waals surface area contributed by atoms with Crippen molar-refractivity contribution in [2.45, 2.75) is 13.1 Å². The Kier molecular flexibility index (Phi) is 5.75. The van der Waals surface area contributed by atoms with E-state index >= 15 is 0 Å². The Morgan fingerprint density at radius 1 is 1.20 bits per heavy atom. The number of benzene rings is 1. The van der Waals surface area contributed by atoms with Gasteiger partial charge in [-0.3, -0.25) is 9.69 Å². The van der Waals surface area contributed by atoms with E-state index in [0.29, 0.717) is 17.2 Å². The first-order valence-electron chi connectivity index (χ1n) is 7.63. The van der Waals surface area contributed by atoms with Crippen LogP contribution >= 0.6 is 22.7 Å². The predicted molar refractivity (Wildman–Crippen MR) is 100 cm³/mol. The number of nitrogens with one attached hydrogen (secondary N) is 1. The lowest BCUT2D eigenvalue weighted by molar-refractivity contribution is 0.102. The fraction of sp³-hybridized carbons (Fsp3) is 0.235. The fourth-order valence-corrected chi connectivity index (χ4v) is 3.82. The molecule has 2 aromatic heterocycles. The van der Waals surface area contributed by atoms with E-state index in [2.05, 4.69) is 31.9 Å². The predicted octanol–water partition coefficient (Wildman–Crippen LogP) is 3.49. The molecule has 1 amide bonds. The molecule has 3 aromatic rings. The number of amides is 1. The lowest BCUT2D eigenvalue weighted by atomic mass is 10.3. The number of thiophene rings is 1. The van der Waals surface area contributed by atoms with Gasteiger partial charge in [-0.2, -0.15) is 0 Å². The number of rotatable bonds is 7. The van der Waals surface area contributed by atoms with E-state index in [1.54, 1.807) is 42.7 Å². The van der Waals surface area contributed by atoms with Crippen LogP contribution in [0.5, 0.6) is 5.75 Å². The molecule has 0 saturated carbocycles. The summed E-state index contributed by atoms with van der Waals surface area (Å²) >= 11 is 3.04. The molecule has 0 radical (unpaired) electrons. The van der Waals surface area contributed by atoms with Crippen LogP contribution in [0, 0.1) is 0 Å². The summed E-state index contributed by atoms with van der Waals surface area (Å²) in [5.41, 5.74) is 0.692. The molecule has 0 aliphatic rings. The number of hydrogen-bond donors (Lipinski definition) is 1. The number of hydrogen-bond acceptors (Lipinski definition) is 7. The highest BCUT2D eigenvalue weighted by atomic mass is 32.1. The summed E-state index contributed by atoms with van der Waals surface area (Å²) in [4.78, 5) is 15.7. The topological polar surface area (TPSA) is 67.3 Å². The zero-order chi connectivity index (χ0) is 17.6. The molecule has 0 unspecified atom stereocenters. The highest BCUT2D eigenvalue weighted by Gasteiger charge is 2.14. The van der Waals surface area contributed by atoms with E-state index in [-0.39, 0.29) is 5.91 Å². The van der Waals surface area contributed by atoms with Gasteiger partial charge in [0.15, 0.2) is 0 Å². The number of carbonyl (C=O) groups excluding carboxylic acids is 1. The number of anilines is 1. The average molecular weight is 374 g/mol. The number of aromatic nitrogens is 2. The lowest BCUT2D eigenvalue weighted by Crippen LogP contribution is -2.16. The van der Waals surface area contributed by atoms with Crippen LogP contribution in [0.2, 0.25) is 0 Å². The van der Waals surface area contributed by atoms with Crippen LogP contribution in [0.15, 0.2) is 41.8 Å². The molecule has 8 heteroatoms. The molecule has 1 aromatic carbocycles. The van der Waals surface area contributed by atoms with Gasteiger partial charge in [-0.1, -0.05) is 17.4 Å². The van der Waals surface area contributed by atoms with Crippen molar-refractivity contribution in [1.82, 2.24) is 15.1 Å². The van der Waals surface area contributed by atoms with Crippen LogP contribution in [0.1, 0.15) is 19.7 Å². The van der Waals surface area contributed by atoms with E-state index in [0.717, 1.165) is 17.3 Å². The first-order valence-corrected chi connectivity index (χ1v) is 9.32. The maximum atomic E-state index is 12.3. The van der Waals surface area contributed by atoms with Gasteiger partial charge in [-0.15, -0.1) is 21.5 Å². The third-order valence-electron chi connectivity index (χ3n) is 3.42. The van der Waals surface area contributed by atoms with Gasteiger partial charge >= 0.3 is 0 Å². The summed E-state index contributed by atoms with van der Waals surface area (Å²) < 4.78 is 5.10. The Morgan fingerprint density at radius 3 is 2.68 bits per heavy atom. The highest BCUT2D eigenvalue weighted by Crippen LogP contribution is 2.18. The zero-order valence-electron chi connectivity index (χ0n) is 13.9. The minimum Gasteiger partial charge on any atom is -0.497 e. The highest BCUT2D eigenvalue weighted by molar-refractivity contribution is 7.13. The van der Waals surface area contributed by atoms with Gasteiger partial charge in [-0.05, 0) is 42.8 Å². The third-order valence-corrected chi connectivity index (χ3v) is 5.19. The number of carbonyl (C=O) groups is 1. The Hall–Kier alpha value is -2.29. The van der Waals surface area contributed by atoms with Crippen LogP contribution in [0.25, 0.3) is 0 Å². The van der Waals surface area contributed by atoms with Crippen molar-refractivity contribution in [1.29, 1.82) is 0 Å². The van der Waals surface area contributed by atoms with Gasteiger partial charge in [0, 0.05) is 17.1 Å². The molecule has 0 spiro atoms. The van der Waals surface area contributed by atoms with Crippen LogP contribution in [-0.4, -0.2) is 35.2 Å². The van der Waals surface area contributed by atoms with E-state index in [9.17, 15) is 4.79 Å². The molecule has 0 aliphatic carbocycles. The van der Waals surface area contributed by atoms with Crippen LogP contribution in [0.4, 0.5) is 5.69 Å². The Bertz CT molecular complexity index is 816. The van der Waals surface area contributed by atoms with Crippen molar-refractivity contribution in [2.24, 2.45) is 0 Å². The van der Waals surface area contributed by atoms with Gasteiger partial charge in [-0.25, -0.2) is 0 Å². The summed E-state index contributed by atoms with van der Waals surface area (Å²) in [7, 11) is 3.63. The number of methoxy groups -OCH3 is 1. The smallest absolute Gasteiger partial charge is 0.286 e. The molecule has 1 N–H and O–H groups in total. The summed E-state index contributed by atoms with van der Waals surface area (Å²) in [5.74, 6) is 0.486. The summed E-state index contributed by atoms with van der Waals surface area (Å²) in [5, 5.41) is 14.2. The van der Waals surface area contributed by atoms with Crippen LogP contribution < -0.4 is 10.1 Å². The SMILES string of the molecule is COc1ccc(NC(=O)c2nnc(CN(C)Cc3cccs3)s2)cc1. The molecule has 6 nitrogen and oxygen atoms in total. The minimum atomic E-state index is -0.255. The molecule has 0 aliphatic heterocycles. The van der Waals surface area contributed by atoms with Gasteiger partial charge in [0.05, 0.1) is 13.7 Å². The second-order valence-corrected chi connectivity index (χ2v) is 7.53. The molecule has 25 heavy (non-hydrogen) atoms. The normalized spacial score (nSPS) is 10.8. The first kappa shape index (κ1) is 17.5. The van der Waals surface area contributed by atoms with Gasteiger partial charge in [0.25, 0.3) is 5.91 Å². The summed E-state index contributed by atoms with van der Waals surface area (Å²) in [6.45, 7) is 1.51. The second kappa shape index (κ2) is 8.19. The van der Waals surface area contributed by atoms with E-state index < -0.39 is 0 Å².